The van der Waals surface area contributed by atoms with Crippen LogP contribution in [0.15, 0.2) is 30.3 Å². The molecule has 2 rings (SSSR count). The zero-order valence-corrected chi connectivity index (χ0v) is 9.72. The molecule has 1 aromatic rings. The fourth-order valence-corrected chi connectivity index (χ4v) is 1.70. The van der Waals surface area contributed by atoms with Gasteiger partial charge < -0.3 is 14.8 Å². The molecule has 1 aromatic carbocycles. The topological polar surface area (TPSA) is 47.6 Å². The van der Waals surface area contributed by atoms with E-state index >= 15 is 0 Å². The third-order valence-electron chi connectivity index (χ3n) is 2.60. The fourth-order valence-electron chi connectivity index (χ4n) is 1.70. The maximum Gasteiger partial charge on any atom is 0.251 e. The molecule has 1 fully saturated rings. The molecule has 1 aliphatic heterocycles. The molecule has 0 bridgehead atoms. The average molecular weight is 235 g/mol. The van der Waals surface area contributed by atoms with Crippen LogP contribution in [0, 0.1) is 0 Å². The van der Waals surface area contributed by atoms with Crippen LogP contribution in [0.2, 0.25) is 0 Å². The van der Waals surface area contributed by atoms with Crippen molar-refractivity contribution < 1.29 is 14.3 Å². The molecule has 1 saturated heterocycles. The normalized spacial score (nSPS) is 16.7. The minimum Gasteiger partial charge on any atom is -0.353 e. The molecular formula is C13H17NO3. The van der Waals surface area contributed by atoms with Crippen LogP contribution < -0.4 is 5.32 Å². The highest BCUT2D eigenvalue weighted by molar-refractivity contribution is 5.94. The van der Waals surface area contributed by atoms with Crippen molar-refractivity contribution in [3.8, 4) is 0 Å². The van der Waals surface area contributed by atoms with E-state index in [1.54, 1.807) is 12.1 Å². The predicted molar refractivity (Wildman–Crippen MR) is 63.7 cm³/mol. The number of carbonyl (C=O) groups excluding carboxylic acids is 1. The zero-order valence-electron chi connectivity index (χ0n) is 9.72. The number of rotatable bonds is 4. The monoisotopic (exact) mass is 235 g/mol. The SMILES string of the molecule is O=C(NCCC1OCCCO1)c1ccccc1. The van der Waals surface area contributed by atoms with Gasteiger partial charge in [-0.25, -0.2) is 0 Å². The van der Waals surface area contributed by atoms with Crippen LogP contribution in [0.5, 0.6) is 0 Å². The minimum atomic E-state index is -0.167. The smallest absolute Gasteiger partial charge is 0.251 e. The molecular weight excluding hydrogens is 218 g/mol. The van der Waals surface area contributed by atoms with Crippen molar-refractivity contribution in [2.75, 3.05) is 19.8 Å². The van der Waals surface area contributed by atoms with Gasteiger partial charge in [0, 0.05) is 18.5 Å². The zero-order chi connectivity index (χ0) is 11.9. The fraction of sp³-hybridized carbons (Fsp3) is 0.462. The van der Waals surface area contributed by atoms with E-state index < -0.39 is 0 Å². The van der Waals surface area contributed by atoms with Gasteiger partial charge in [-0.3, -0.25) is 4.79 Å². The summed E-state index contributed by atoms with van der Waals surface area (Å²) in [5.41, 5.74) is 0.679. The van der Waals surface area contributed by atoms with Gasteiger partial charge in [-0.1, -0.05) is 18.2 Å². The Morgan fingerprint density at radius 3 is 2.65 bits per heavy atom. The summed E-state index contributed by atoms with van der Waals surface area (Å²) in [6.45, 7) is 2.06. The average Bonchev–Trinajstić information content (AvgIpc) is 2.41. The highest BCUT2D eigenvalue weighted by atomic mass is 16.7. The van der Waals surface area contributed by atoms with Crippen LogP contribution in [-0.2, 0) is 9.47 Å². The highest BCUT2D eigenvalue weighted by Crippen LogP contribution is 2.07. The summed E-state index contributed by atoms with van der Waals surface area (Å²) in [6.07, 6.45) is 1.48. The molecule has 0 spiro atoms. The van der Waals surface area contributed by atoms with Crippen molar-refractivity contribution in [3.63, 3.8) is 0 Å². The van der Waals surface area contributed by atoms with Crippen LogP contribution in [-0.4, -0.2) is 32.0 Å². The van der Waals surface area contributed by atoms with Gasteiger partial charge in [-0.2, -0.15) is 0 Å². The second-order valence-corrected chi connectivity index (χ2v) is 3.94. The molecule has 4 nitrogen and oxygen atoms in total. The molecule has 0 aromatic heterocycles. The Kier molecular flexibility index (Phi) is 4.53. The van der Waals surface area contributed by atoms with E-state index in [1.165, 1.54) is 0 Å². The molecule has 1 N–H and O–H groups in total. The summed E-state index contributed by atoms with van der Waals surface area (Å²) >= 11 is 0. The standard InChI is InChI=1S/C13H17NO3/c15-13(11-5-2-1-3-6-11)14-8-7-12-16-9-4-10-17-12/h1-3,5-6,12H,4,7-10H2,(H,14,15). The van der Waals surface area contributed by atoms with Gasteiger partial charge in [0.15, 0.2) is 6.29 Å². The van der Waals surface area contributed by atoms with Gasteiger partial charge in [0.2, 0.25) is 0 Å². The summed E-state index contributed by atoms with van der Waals surface area (Å²) in [4.78, 5) is 11.7. The Balaban J connectivity index is 1.69. The van der Waals surface area contributed by atoms with Crippen molar-refractivity contribution in [2.45, 2.75) is 19.1 Å². The molecule has 17 heavy (non-hydrogen) atoms. The third kappa shape index (κ3) is 3.84. The highest BCUT2D eigenvalue weighted by Gasteiger charge is 2.14. The Bertz CT molecular complexity index is 347. The molecule has 0 radical (unpaired) electrons. The molecule has 4 heteroatoms. The van der Waals surface area contributed by atoms with Gasteiger partial charge in [0.1, 0.15) is 0 Å². The Labute approximate surface area is 101 Å². The summed E-state index contributed by atoms with van der Waals surface area (Å²) < 4.78 is 10.8. The Hall–Kier alpha value is -1.39. The third-order valence-corrected chi connectivity index (χ3v) is 2.60. The summed E-state index contributed by atoms with van der Waals surface area (Å²) in [5, 5.41) is 2.85. The van der Waals surface area contributed by atoms with E-state index in [1.807, 2.05) is 18.2 Å². The van der Waals surface area contributed by atoms with E-state index in [0.29, 0.717) is 18.5 Å². The van der Waals surface area contributed by atoms with E-state index in [0.717, 1.165) is 19.6 Å². The number of nitrogens with one attached hydrogen (secondary N) is 1. The lowest BCUT2D eigenvalue weighted by molar-refractivity contribution is -0.180. The Morgan fingerprint density at radius 2 is 1.94 bits per heavy atom. The van der Waals surface area contributed by atoms with Crippen molar-refractivity contribution in [2.24, 2.45) is 0 Å². The van der Waals surface area contributed by atoms with E-state index in [-0.39, 0.29) is 12.2 Å². The molecule has 0 unspecified atom stereocenters. The lowest BCUT2D eigenvalue weighted by Crippen LogP contribution is -2.31. The van der Waals surface area contributed by atoms with Crippen molar-refractivity contribution in [1.82, 2.24) is 5.32 Å². The number of ether oxygens (including phenoxy) is 2. The number of hydrogen-bond donors (Lipinski definition) is 1. The lowest BCUT2D eigenvalue weighted by Gasteiger charge is -2.23. The summed E-state index contributed by atoms with van der Waals surface area (Å²) in [7, 11) is 0. The largest absolute Gasteiger partial charge is 0.353 e. The number of carbonyl (C=O) groups is 1. The molecule has 0 aliphatic carbocycles. The second-order valence-electron chi connectivity index (χ2n) is 3.94. The van der Waals surface area contributed by atoms with Crippen LogP contribution in [0.3, 0.4) is 0 Å². The van der Waals surface area contributed by atoms with E-state index in [9.17, 15) is 4.79 Å². The van der Waals surface area contributed by atoms with Crippen LogP contribution in [0.1, 0.15) is 23.2 Å². The maximum atomic E-state index is 11.7. The van der Waals surface area contributed by atoms with Gasteiger partial charge >= 0.3 is 0 Å². The quantitative estimate of drug-likeness (QED) is 0.861. The molecule has 1 heterocycles. The molecule has 1 amide bonds. The molecule has 92 valence electrons. The van der Waals surface area contributed by atoms with E-state index in [2.05, 4.69) is 5.32 Å². The Morgan fingerprint density at radius 1 is 1.24 bits per heavy atom. The second kappa shape index (κ2) is 6.37. The van der Waals surface area contributed by atoms with Crippen LogP contribution in [0.25, 0.3) is 0 Å². The van der Waals surface area contributed by atoms with E-state index in [4.69, 9.17) is 9.47 Å². The predicted octanol–water partition coefficient (Wildman–Crippen LogP) is 1.57. The van der Waals surface area contributed by atoms with Gasteiger partial charge in [-0.15, -0.1) is 0 Å². The van der Waals surface area contributed by atoms with Crippen molar-refractivity contribution >= 4 is 5.91 Å². The van der Waals surface area contributed by atoms with Gasteiger partial charge in [0.05, 0.1) is 13.2 Å². The summed E-state index contributed by atoms with van der Waals surface area (Å²) in [6, 6.07) is 9.18. The minimum absolute atomic E-state index is 0.0543. The number of hydrogen-bond acceptors (Lipinski definition) is 3. The molecule has 0 atom stereocenters. The van der Waals surface area contributed by atoms with Gasteiger partial charge in [-0.05, 0) is 18.6 Å². The molecule has 0 saturated carbocycles. The lowest BCUT2D eigenvalue weighted by atomic mass is 10.2. The van der Waals surface area contributed by atoms with Crippen LogP contribution in [0.4, 0.5) is 0 Å². The first-order valence-corrected chi connectivity index (χ1v) is 5.93. The summed E-state index contributed by atoms with van der Waals surface area (Å²) in [5.74, 6) is -0.0543. The van der Waals surface area contributed by atoms with Gasteiger partial charge in [0.25, 0.3) is 5.91 Å². The van der Waals surface area contributed by atoms with Crippen molar-refractivity contribution in [1.29, 1.82) is 0 Å². The van der Waals surface area contributed by atoms with Crippen LogP contribution >= 0.6 is 0 Å². The maximum absolute atomic E-state index is 11.7. The number of amides is 1. The first kappa shape index (κ1) is 12.1. The first-order valence-electron chi connectivity index (χ1n) is 5.93. The number of benzene rings is 1. The first-order chi connectivity index (χ1) is 8.36. The van der Waals surface area contributed by atoms with Crippen molar-refractivity contribution in [3.05, 3.63) is 35.9 Å². The molecule has 1 aliphatic rings.